The van der Waals surface area contributed by atoms with E-state index in [9.17, 15) is 4.79 Å². The predicted molar refractivity (Wildman–Crippen MR) is 98.7 cm³/mol. The van der Waals surface area contributed by atoms with E-state index in [4.69, 9.17) is 4.74 Å². The Morgan fingerprint density at radius 1 is 1.17 bits per heavy atom. The summed E-state index contributed by atoms with van der Waals surface area (Å²) in [5, 5.41) is 0. The van der Waals surface area contributed by atoms with Gasteiger partial charge in [0.15, 0.2) is 0 Å². The molecule has 0 N–H and O–H groups in total. The molecule has 0 aliphatic carbocycles. The van der Waals surface area contributed by atoms with Crippen molar-refractivity contribution in [1.82, 2.24) is 9.80 Å². The molecule has 1 aromatic rings. The summed E-state index contributed by atoms with van der Waals surface area (Å²) in [7, 11) is 1.68. The number of hydrogen-bond donors (Lipinski definition) is 0. The van der Waals surface area contributed by atoms with Crippen LogP contribution in [-0.2, 0) is 4.79 Å². The van der Waals surface area contributed by atoms with Crippen molar-refractivity contribution in [2.24, 2.45) is 0 Å². The molecule has 2 aliphatic heterocycles. The Balaban J connectivity index is 1.56. The van der Waals surface area contributed by atoms with Crippen LogP contribution in [0.15, 0.2) is 29.2 Å². The maximum absolute atomic E-state index is 12.7. The van der Waals surface area contributed by atoms with Gasteiger partial charge in [0, 0.05) is 24.0 Å². The molecule has 0 spiro atoms. The van der Waals surface area contributed by atoms with Crippen molar-refractivity contribution in [3.63, 3.8) is 0 Å². The van der Waals surface area contributed by atoms with E-state index in [1.807, 2.05) is 24.3 Å². The highest BCUT2D eigenvalue weighted by atomic mass is 32.2. The van der Waals surface area contributed by atoms with Crippen LogP contribution < -0.4 is 4.74 Å². The highest BCUT2D eigenvalue weighted by Gasteiger charge is 2.27. The summed E-state index contributed by atoms with van der Waals surface area (Å²) >= 11 is 1.58. The molecule has 0 bridgehead atoms. The lowest BCUT2D eigenvalue weighted by molar-refractivity contribution is -0.128. The van der Waals surface area contributed by atoms with Crippen molar-refractivity contribution >= 4 is 17.7 Å². The van der Waals surface area contributed by atoms with Crippen molar-refractivity contribution in [1.29, 1.82) is 0 Å². The first kappa shape index (κ1) is 17.6. The third-order valence-electron chi connectivity index (χ3n) is 5.08. The van der Waals surface area contributed by atoms with Gasteiger partial charge in [-0.1, -0.05) is 18.6 Å². The molecule has 1 atom stereocenters. The Bertz CT molecular complexity index is 546. The number of benzene rings is 1. The number of methoxy groups -OCH3 is 1. The molecule has 1 aromatic carbocycles. The number of carbonyl (C=O) groups excluding carboxylic acids is 1. The number of ether oxygens (including phenoxy) is 1. The van der Waals surface area contributed by atoms with Gasteiger partial charge in [0.25, 0.3) is 0 Å². The summed E-state index contributed by atoms with van der Waals surface area (Å²) in [5.74, 6) is 1.60. The Hall–Kier alpha value is -1.20. The largest absolute Gasteiger partial charge is 0.496 e. The maximum Gasteiger partial charge on any atom is 0.232 e. The maximum atomic E-state index is 12.7. The van der Waals surface area contributed by atoms with E-state index in [0.29, 0.717) is 11.8 Å². The topological polar surface area (TPSA) is 32.8 Å². The normalized spacial score (nSPS) is 22.4. The van der Waals surface area contributed by atoms with Gasteiger partial charge in [0.05, 0.1) is 12.9 Å². The fourth-order valence-electron chi connectivity index (χ4n) is 3.72. The highest BCUT2D eigenvalue weighted by Crippen LogP contribution is 2.29. The summed E-state index contributed by atoms with van der Waals surface area (Å²) in [6, 6.07) is 8.48. The van der Waals surface area contributed by atoms with Crippen LogP contribution in [-0.4, -0.2) is 60.8 Å². The van der Waals surface area contributed by atoms with Crippen molar-refractivity contribution in [2.75, 3.05) is 39.0 Å². The minimum atomic E-state index is 0.261. The standard InChI is InChI=1S/C19H28N2O2S/c1-23-17-9-2-3-10-18(17)24-15-19(22)21-13-5-4-8-16(14-21)20-11-6-7-12-20/h2-3,9-10,16H,4-8,11-15H2,1H3/t16-/m0/s1. The SMILES string of the molecule is COc1ccccc1SCC(=O)N1CCCC[C@H](N2CCCC2)C1. The summed E-state index contributed by atoms with van der Waals surface area (Å²) < 4.78 is 5.38. The van der Waals surface area contributed by atoms with Gasteiger partial charge in [-0.05, 0) is 50.9 Å². The van der Waals surface area contributed by atoms with E-state index in [2.05, 4.69) is 9.80 Å². The number of likely N-dealkylation sites (tertiary alicyclic amines) is 2. The Labute approximate surface area is 149 Å². The van der Waals surface area contributed by atoms with Gasteiger partial charge in [0.2, 0.25) is 5.91 Å². The fraction of sp³-hybridized carbons (Fsp3) is 0.632. The highest BCUT2D eigenvalue weighted by molar-refractivity contribution is 8.00. The molecule has 24 heavy (non-hydrogen) atoms. The number of nitrogens with zero attached hydrogens (tertiary/aromatic N) is 2. The Morgan fingerprint density at radius 2 is 1.92 bits per heavy atom. The summed E-state index contributed by atoms with van der Waals surface area (Å²) in [6.45, 7) is 4.24. The van der Waals surface area contributed by atoms with Crippen LogP contribution in [0.2, 0.25) is 0 Å². The second-order valence-electron chi connectivity index (χ2n) is 6.67. The average Bonchev–Trinajstić information content (AvgIpc) is 3.04. The number of rotatable bonds is 5. The predicted octanol–water partition coefficient (Wildman–Crippen LogP) is 3.26. The van der Waals surface area contributed by atoms with Crippen LogP contribution in [0, 0.1) is 0 Å². The van der Waals surface area contributed by atoms with Crippen molar-refractivity contribution in [3.05, 3.63) is 24.3 Å². The first-order valence-corrected chi connectivity index (χ1v) is 10.0. The monoisotopic (exact) mass is 348 g/mol. The van der Waals surface area contributed by atoms with E-state index in [0.717, 1.165) is 30.2 Å². The molecule has 2 aliphatic rings. The zero-order valence-corrected chi connectivity index (χ0v) is 15.4. The van der Waals surface area contributed by atoms with Crippen LogP contribution in [0.3, 0.4) is 0 Å². The van der Waals surface area contributed by atoms with E-state index >= 15 is 0 Å². The molecule has 0 radical (unpaired) electrons. The van der Waals surface area contributed by atoms with E-state index < -0.39 is 0 Å². The molecular weight excluding hydrogens is 320 g/mol. The zero-order valence-electron chi connectivity index (χ0n) is 14.6. The molecule has 5 heteroatoms. The number of para-hydroxylation sites is 1. The molecule has 1 amide bonds. The van der Waals surface area contributed by atoms with Crippen molar-refractivity contribution < 1.29 is 9.53 Å². The van der Waals surface area contributed by atoms with Crippen LogP contribution in [0.4, 0.5) is 0 Å². The first-order chi connectivity index (χ1) is 11.8. The molecule has 0 aromatic heterocycles. The molecular formula is C19H28N2O2S. The molecule has 0 saturated carbocycles. The van der Waals surface area contributed by atoms with Crippen LogP contribution >= 0.6 is 11.8 Å². The smallest absolute Gasteiger partial charge is 0.232 e. The number of thioether (sulfide) groups is 1. The molecule has 0 unspecified atom stereocenters. The van der Waals surface area contributed by atoms with Gasteiger partial charge in [-0.25, -0.2) is 0 Å². The first-order valence-electron chi connectivity index (χ1n) is 9.05. The van der Waals surface area contributed by atoms with Crippen LogP contribution in [0.1, 0.15) is 32.1 Å². The number of hydrogen-bond acceptors (Lipinski definition) is 4. The molecule has 2 fully saturated rings. The third kappa shape index (κ3) is 4.45. The lowest BCUT2D eigenvalue weighted by Gasteiger charge is -2.30. The molecule has 2 heterocycles. The minimum absolute atomic E-state index is 0.261. The Kier molecular flexibility index (Phi) is 6.44. The molecule has 2 saturated heterocycles. The zero-order chi connectivity index (χ0) is 16.8. The van der Waals surface area contributed by atoms with Crippen LogP contribution in [0.5, 0.6) is 5.75 Å². The second-order valence-corrected chi connectivity index (χ2v) is 7.69. The average molecular weight is 349 g/mol. The lowest BCUT2D eigenvalue weighted by Crippen LogP contribution is -2.44. The van der Waals surface area contributed by atoms with Crippen molar-refractivity contribution in [2.45, 2.75) is 43.0 Å². The van der Waals surface area contributed by atoms with Crippen molar-refractivity contribution in [3.8, 4) is 5.75 Å². The fourth-order valence-corrected chi connectivity index (χ4v) is 4.65. The molecule has 3 rings (SSSR count). The number of carbonyl (C=O) groups is 1. The quantitative estimate of drug-likeness (QED) is 0.765. The van der Waals surface area contributed by atoms with Gasteiger partial charge in [-0.3, -0.25) is 9.69 Å². The lowest BCUT2D eigenvalue weighted by atomic mass is 10.1. The van der Waals surface area contributed by atoms with Crippen LogP contribution in [0.25, 0.3) is 0 Å². The third-order valence-corrected chi connectivity index (χ3v) is 6.12. The number of amides is 1. The summed E-state index contributed by atoms with van der Waals surface area (Å²) in [6.07, 6.45) is 6.24. The molecule has 132 valence electrons. The van der Waals surface area contributed by atoms with Gasteiger partial charge in [-0.15, -0.1) is 11.8 Å². The van der Waals surface area contributed by atoms with Gasteiger partial charge in [-0.2, -0.15) is 0 Å². The van der Waals surface area contributed by atoms with E-state index in [-0.39, 0.29) is 5.91 Å². The Morgan fingerprint density at radius 3 is 2.71 bits per heavy atom. The minimum Gasteiger partial charge on any atom is -0.496 e. The van der Waals surface area contributed by atoms with E-state index in [1.54, 1.807) is 18.9 Å². The second kappa shape index (κ2) is 8.77. The van der Waals surface area contributed by atoms with Gasteiger partial charge >= 0.3 is 0 Å². The van der Waals surface area contributed by atoms with Gasteiger partial charge < -0.3 is 9.64 Å². The molecule has 4 nitrogen and oxygen atoms in total. The van der Waals surface area contributed by atoms with Gasteiger partial charge in [0.1, 0.15) is 5.75 Å². The van der Waals surface area contributed by atoms with E-state index in [1.165, 1.54) is 38.8 Å². The summed E-state index contributed by atoms with van der Waals surface area (Å²) in [5.41, 5.74) is 0. The summed E-state index contributed by atoms with van der Waals surface area (Å²) in [4.78, 5) is 18.5.